The van der Waals surface area contributed by atoms with Crippen molar-refractivity contribution in [1.82, 2.24) is 0 Å². The molecule has 0 aromatic heterocycles. The van der Waals surface area contributed by atoms with Gasteiger partial charge in [-0.2, -0.15) is 0 Å². The van der Waals surface area contributed by atoms with E-state index in [-0.39, 0.29) is 11.5 Å². The third-order valence-corrected chi connectivity index (χ3v) is 6.55. The van der Waals surface area contributed by atoms with E-state index in [0.29, 0.717) is 11.3 Å². The van der Waals surface area contributed by atoms with Crippen LogP contribution in [0.15, 0.2) is 59.7 Å². The van der Waals surface area contributed by atoms with Crippen LogP contribution in [0.25, 0.3) is 21.5 Å². The Morgan fingerprint density at radius 1 is 0.697 bits per heavy atom. The summed E-state index contributed by atoms with van der Waals surface area (Å²) >= 11 is 0. The van der Waals surface area contributed by atoms with E-state index in [1.54, 1.807) is 0 Å². The highest BCUT2D eigenvalue weighted by Crippen LogP contribution is 2.42. The van der Waals surface area contributed by atoms with E-state index in [1.807, 2.05) is 18.2 Å². The van der Waals surface area contributed by atoms with Gasteiger partial charge in [-0.15, -0.1) is 0 Å². The molecule has 0 aliphatic heterocycles. The normalized spacial score (nSPS) is 12.2. The van der Waals surface area contributed by atoms with Crippen molar-refractivity contribution in [3.8, 4) is 11.5 Å². The summed E-state index contributed by atoms with van der Waals surface area (Å²) in [5.41, 5.74) is 5.10. The number of phenols is 2. The van der Waals surface area contributed by atoms with Gasteiger partial charge in [-0.05, 0) is 95.4 Å². The number of rotatable bonds is 10. The summed E-state index contributed by atoms with van der Waals surface area (Å²) in [6.07, 6.45) is 12.2. The van der Waals surface area contributed by atoms with E-state index in [0.717, 1.165) is 48.3 Å². The molecule has 0 heterocycles. The lowest BCUT2D eigenvalue weighted by Crippen LogP contribution is -1.96. The van der Waals surface area contributed by atoms with Crippen LogP contribution in [0, 0.1) is 5.92 Å². The Labute approximate surface area is 199 Å². The average Bonchev–Trinajstić information content (AvgIpc) is 2.77. The highest BCUT2D eigenvalue weighted by molar-refractivity contribution is 6.10. The van der Waals surface area contributed by atoms with Crippen LogP contribution in [-0.4, -0.2) is 10.2 Å². The predicted molar refractivity (Wildman–Crippen MR) is 143 cm³/mol. The van der Waals surface area contributed by atoms with Gasteiger partial charge in [-0.1, -0.05) is 60.9 Å². The highest BCUT2D eigenvalue weighted by Gasteiger charge is 2.14. The molecule has 33 heavy (non-hydrogen) atoms. The zero-order valence-corrected chi connectivity index (χ0v) is 21.0. The summed E-state index contributed by atoms with van der Waals surface area (Å²) in [5.74, 6) is 1.25. The molecule has 3 rings (SSSR count). The van der Waals surface area contributed by atoms with Crippen LogP contribution in [0.4, 0.5) is 0 Å². The van der Waals surface area contributed by atoms with Crippen LogP contribution in [0.5, 0.6) is 11.5 Å². The summed E-state index contributed by atoms with van der Waals surface area (Å²) in [5, 5.41) is 24.9. The van der Waals surface area contributed by atoms with Crippen molar-refractivity contribution in [2.45, 2.75) is 79.6 Å². The third-order valence-electron chi connectivity index (χ3n) is 6.55. The van der Waals surface area contributed by atoms with Gasteiger partial charge in [0.25, 0.3) is 0 Å². The van der Waals surface area contributed by atoms with Crippen molar-refractivity contribution in [3.05, 3.63) is 70.8 Å². The third kappa shape index (κ3) is 6.63. The maximum atomic E-state index is 11.1. The number of allylic oxidation sites excluding steroid dienone is 4. The minimum absolute atomic E-state index is 0.257. The van der Waals surface area contributed by atoms with Gasteiger partial charge in [0, 0.05) is 21.5 Å². The average molecular weight is 445 g/mol. The second-order valence-electron chi connectivity index (χ2n) is 10.1. The van der Waals surface area contributed by atoms with Crippen LogP contribution in [0.1, 0.15) is 77.8 Å². The van der Waals surface area contributed by atoms with Gasteiger partial charge in [0.15, 0.2) is 0 Å². The molecule has 0 saturated heterocycles. The van der Waals surface area contributed by atoms with E-state index < -0.39 is 0 Å². The molecule has 0 amide bonds. The summed E-state index contributed by atoms with van der Waals surface area (Å²) in [7, 11) is 0. The van der Waals surface area contributed by atoms with Crippen LogP contribution in [0.3, 0.4) is 0 Å². The van der Waals surface area contributed by atoms with E-state index in [9.17, 15) is 10.2 Å². The van der Waals surface area contributed by atoms with E-state index >= 15 is 0 Å². The van der Waals surface area contributed by atoms with Crippen molar-refractivity contribution in [2.24, 2.45) is 5.92 Å². The Hall–Kier alpha value is -2.74. The summed E-state index contributed by atoms with van der Waals surface area (Å²) < 4.78 is 0. The van der Waals surface area contributed by atoms with E-state index in [4.69, 9.17) is 0 Å². The maximum Gasteiger partial charge on any atom is 0.131 e. The standard InChI is InChI=1S/C31H40O2/c1-21(2)9-6-11-23(5)12-8-14-25-16-18-27-29(20-25)31(33)28-19-24(13-7-10-22(3)4)15-17-26(28)30(27)32/h9-10,15-20,23,32-33H,6-8,11-14H2,1-5H3. The molecule has 2 N–H and O–H groups in total. The maximum absolute atomic E-state index is 11.1. The molecule has 3 aromatic carbocycles. The van der Waals surface area contributed by atoms with E-state index in [2.05, 4.69) is 65.0 Å². The summed E-state index contributed by atoms with van der Waals surface area (Å²) in [6.45, 7) is 10.9. The van der Waals surface area contributed by atoms with Gasteiger partial charge in [0.2, 0.25) is 0 Å². The van der Waals surface area contributed by atoms with Crippen LogP contribution in [0.2, 0.25) is 0 Å². The first kappa shape index (κ1) is 24.9. The Morgan fingerprint density at radius 3 is 1.79 bits per heavy atom. The van der Waals surface area contributed by atoms with Crippen molar-refractivity contribution in [2.75, 3.05) is 0 Å². The lowest BCUT2D eigenvalue weighted by molar-refractivity contribution is 0.477. The second kappa shape index (κ2) is 11.4. The molecule has 0 fully saturated rings. The van der Waals surface area contributed by atoms with E-state index in [1.165, 1.54) is 35.1 Å². The number of hydrogen-bond acceptors (Lipinski definition) is 2. The molecule has 0 bridgehead atoms. The van der Waals surface area contributed by atoms with Crippen LogP contribution < -0.4 is 0 Å². The smallest absolute Gasteiger partial charge is 0.131 e. The monoisotopic (exact) mass is 444 g/mol. The first-order valence-corrected chi connectivity index (χ1v) is 12.4. The van der Waals surface area contributed by atoms with Crippen molar-refractivity contribution >= 4 is 21.5 Å². The van der Waals surface area contributed by atoms with Gasteiger partial charge in [0.1, 0.15) is 11.5 Å². The topological polar surface area (TPSA) is 40.5 Å². The second-order valence-corrected chi connectivity index (χ2v) is 10.1. The van der Waals surface area contributed by atoms with Gasteiger partial charge < -0.3 is 10.2 Å². The molecule has 0 saturated carbocycles. The first-order chi connectivity index (χ1) is 15.8. The van der Waals surface area contributed by atoms with Gasteiger partial charge in [-0.3, -0.25) is 0 Å². The highest BCUT2D eigenvalue weighted by atomic mass is 16.3. The van der Waals surface area contributed by atoms with Crippen molar-refractivity contribution < 1.29 is 10.2 Å². The number of aromatic hydroxyl groups is 2. The molecular weight excluding hydrogens is 404 g/mol. The molecule has 2 nitrogen and oxygen atoms in total. The molecule has 1 unspecified atom stereocenters. The molecule has 0 aliphatic carbocycles. The fourth-order valence-corrected chi connectivity index (χ4v) is 4.57. The molecule has 1 atom stereocenters. The Morgan fingerprint density at radius 2 is 1.21 bits per heavy atom. The lowest BCUT2D eigenvalue weighted by Gasteiger charge is -2.13. The Kier molecular flexibility index (Phi) is 8.61. The zero-order valence-electron chi connectivity index (χ0n) is 21.0. The molecule has 3 aromatic rings. The van der Waals surface area contributed by atoms with Gasteiger partial charge in [0.05, 0.1) is 0 Å². The number of aryl methyl sites for hydroxylation is 2. The summed E-state index contributed by atoms with van der Waals surface area (Å²) in [4.78, 5) is 0. The van der Waals surface area contributed by atoms with Crippen molar-refractivity contribution in [3.63, 3.8) is 0 Å². The van der Waals surface area contributed by atoms with Gasteiger partial charge >= 0.3 is 0 Å². The molecular formula is C31H40O2. The Bertz CT molecular complexity index is 1160. The summed E-state index contributed by atoms with van der Waals surface area (Å²) in [6, 6.07) is 12.1. The lowest BCUT2D eigenvalue weighted by atomic mass is 9.94. The van der Waals surface area contributed by atoms with Crippen LogP contribution >= 0.6 is 0 Å². The SMILES string of the molecule is CC(C)=CCCc1ccc2c(O)c3ccc(CCCC(C)CCC=C(C)C)cc3c(O)c2c1. The minimum Gasteiger partial charge on any atom is -0.507 e. The first-order valence-electron chi connectivity index (χ1n) is 12.4. The number of phenolic OH excluding ortho intramolecular Hbond substituents is 2. The largest absolute Gasteiger partial charge is 0.507 e. The fraction of sp³-hybridized carbons (Fsp3) is 0.419. The molecule has 0 aliphatic rings. The van der Waals surface area contributed by atoms with Gasteiger partial charge in [-0.25, -0.2) is 0 Å². The quantitative estimate of drug-likeness (QED) is 0.186. The molecule has 2 heteroatoms. The zero-order chi connectivity index (χ0) is 24.0. The van der Waals surface area contributed by atoms with Crippen molar-refractivity contribution in [1.29, 1.82) is 0 Å². The molecule has 0 spiro atoms. The van der Waals surface area contributed by atoms with Crippen LogP contribution in [-0.2, 0) is 12.8 Å². The minimum atomic E-state index is 0.257. The molecule has 176 valence electrons. The molecule has 0 radical (unpaired) electrons. The number of hydrogen-bond donors (Lipinski definition) is 2. The number of fused-ring (bicyclic) bond motifs is 2. The number of benzene rings is 3. The Balaban J connectivity index is 1.78. The predicted octanol–water partition coefficient (Wildman–Crippen LogP) is 9.01. The fourth-order valence-electron chi connectivity index (χ4n) is 4.57.